The van der Waals surface area contributed by atoms with Gasteiger partial charge in [0.15, 0.2) is 17.2 Å². The molecule has 0 spiro atoms. The maximum absolute atomic E-state index is 13.3. The number of aromatic nitrogens is 1. The van der Waals surface area contributed by atoms with E-state index >= 15 is 0 Å². The van der Waals surface area contributed by atoms with Gasteiger partial charge in [-0.25, -0.2) is 21.9 Å². The van der Waals surface area contributed by atoms with E-state index in [0.29, 0.717) is 24.2 Å². The third kappa shape index (κ3) is 3.52. The van der Waals surface area contributed by atoms with Crippen molar-refractivity contribution in [3.8, 4) is 0 Å². The molecule has 0 bridgehead atoms. The number of para-hydroxylation sites is 2. The van der Waals surface area contributed by atoms with E-state index < -0.39 is 21.7 Å². The molecule has 1 unspecified atom stereocenters. The second-order valence-electron chi connectivity index (χ2n) is 6.38. The molecule has 1 N–H and O–H groups in total. The molecule has 0 saturated carbocycles. The number of oxazole rings is 1. The largest absolute Gasteiger partial charge is 0.423 e. The second-order valence-corrected chi connectivity index (χ2v) is 8.15. The van der Waals surface area contributed by atoms with Gasteiger partial charge in [-0.2, -0.15) is 4.98 Å². The molecule has 27 heavy (non-hydrogen) atoms. The molecule has 2 heterocycles. The van der Waals surface area contributed by atoms with Gasteiger partial charge in [0, 0.05) is 19.1 Å². The quantitative estimate of drug-likeness (QED) is 0.721. The van der Waals surface area contributed by atoms with Crippen LogP contribution in [0.4, 0.5) is 14.8 Å². The highest BCUT2D eigenvalue weighted by atomic mass is 32.2. The van der Waals surface area contributed by atoms with Crippen molar-refractivity contribution in [3.05, 3.63) is 54.1 Å². The Balaban J connectivity index is 1.50. The number of benzene rings is 2. The van der Waals surface area contributed by atoms with Gasteiger partial charge < -0.3 is 9.32 Å². The fourth-order valence-electron chi connectivity index (χ4n) is 3.22. The van der Waals surface area contributed by atoms with Gasteiger partial charge in [0.1, 0.15) is 5.52 Å². The van der Waals surface area contributed by atoms with E-state index in [4.69, 9.17) is 4.42 Å². The van der Waals surface area contributed by atoms with Gasteiger partial charge in [-0.15, -0.1) is 0 Å². The highest BCUT2D eigenvalue weighted by Crippen LogP contribution is 2.28. The number of nitrogens with zero attached hydrogens (tertiary/aromatic N) is 2. The smallest absolute Gasteiger partial charge is 0.298 e. The lowest BCUT2D eigenvalue weighted by molar-refractivity contribution is 0.503. The van der Waals surface area contributed by atoms with Crippen LogP contribution in [0.25, 0.3) is 11.1 Å². The van der Waals surface area contributed by atoms with Crippen molar-refractivity contribution < 1.29 is 21.6 Å². The predicted octanol–water partition coefficient (Wildman–Crippen LogP) is 3.05. The summed E-state index contributed by atoms with van der Waals surface area (Å²) in [5.41, 5.74) is 1.40. The highest BCUT2D eigenvalue weighted by molar-refractivity contribution is 7.89. The Morgan fingerprint density at radius 2 is 2.00 bits per heavy atom. The maximum Gasteiger partial charge on any atom is 0.298 e. The first-order valence-corrected chi connectivity index (χ1v) is 9.99. The maximum atomic E-state index is 13.3. The third-order valence-electron chi connectivity index (χ3n) is 4.62. The standard InChI is InChI=1S/C18H17F2N3O3S/c19-14-8-7-13(10-15(14)20)27(24,25)21-11-12-4-3-9-23(12)18-22-16-5-1-2-6-17(16)26-18/h1-2,5-8,10,12,21H,3-4,9,11H2. The Hall–Kier alpha value is -2.52. The minimum atomic E-state index is -3.95. The predicted molar refractivity (Wildman–Crippen MR) is 95.9 cm³/mol. The lowest BCUT2D eigenvalue weighted by atomic mass is 10.2. The van der Waals surface area contributed by atoms with E-state index in [-0.39, 0.29) is 17.5 Å². The Kier molecular flexibility index (Phi) is 4.56. The van der Waals surface area contributed by atoms with E-state index in [1.54, 1.807) is 0 Å². The first-order chi connectivity index (χ1) is 12.9. The molecule has 1 saturated heterocycles. The first kappa shape index (κ1) is 17.9. The summed E-state index contributed by atoms with van der Waals surface area (Å²) < 4.78 is 59.4. The number of rotatable bonds is 5. The van der Waals surface area contributed by atoms with Crippen molar-refractivity contribution in [1.82, 2.24) is 9.71 Å². The van der Waals surface area contributed by atoms with E-state index in [2.05, 4.69) is 9.71 Å². The molecule has 1 atom stereocenters. The average molecular weight is 393 g/mol. The van der Waals surface area contributed by atoms with E-state index in [1.165, 1.54) is 0 Å². The number of halogens is 2. The van der Waals surface area contributed by atoms with Crippen LogP contribution in [0.15, 0.2) is 51.8 Å². The highest BCUT2D eigenvalue weighted by Gasteiger charge is 2.30. The monoisotopic (exact) mass is 393 g/mol. The van der Waals surface area contributed by atoms with Crippen LogP contribution in [0.5, 0.6) is 0 Å². The first-order valence-electron chi connectivity index (χ1n) is 8.51. The zero-order valence-electron chi connectivity index (χ0n) is 14.2. The molecule has 3 aromatic rings. The third-order valence-corrected chi connectivity index (χ3v) is 6.04. The summed E-state index contributed by atoms with van der Waals surface area (Å²) in [4.78, 5) is 6.07. The van der Waals surface area contributed by atoms with Crippen LogP contribution in [-0.4, -0.2) is 32.5 Å². The molecule has 1 fully saturated rings. The number of anilines is 1. The summed E-state index contributed by atoms with van der Waals surface area (Å²) in [5.74, 6) is -2.29. The molecule has 0 radical (unpaired) electrons. The number of hydrogen-bond donors (Lipinski definition) is 1. The SMILES string of the molecule is O=S(=O)(NCC1CCCN1c1nc2ccccc2o1)c1ccc(F)c(F)c1. The zero-order valence-corrected chi connectivity index (χ0v) is 15.0. The van der Waals surface area contributed by atoms with Gasteiger partial charge in [0.2, 0.25) is 10.0 Å². The molecule has 1 aliphatic rings. The second kappa shape index (κ2) is 6.90. The Morgan fingerprint density at radius 1 is 1.19 bits per heavy atom. The fourth-order valence-corrected chi connectivity index (χ4v) is 4.30. The van der Waals surface area contributed by atoms with Crippen LogP contribution in [-0.2, 0) is 10.0 Å². The Bertz CT molecular complexity index is 1050. The van der Waals surface area contributed by atoms with Gasteiger partial charge in [-0.05, 0) is 43.2 Å². The van der Waals surface area contributed by atoms with Crippen molar-refractivity contribution >= 4 is 27.1 Å². The van der Waals surface area contributed by atoms with E-state index in [9.17, 15) is 17.2 Å². The minimum Gasteiger partial charge on any atom is -0.423 e. The molecule has 4 rings (SSSR count). The summed E-state index contributed by atoms with van der Waals surface area (Å²) in [6.07, 6.45) is 1.63. The molecule has 0 amide bonds. The number of sulfonamides is 1. The number of hydrogen-bond acceptors (Lipinski definition) is 5. The zero-order chi connectivity index (χ0) is 19.0. The van der Waals surface area contributed by atoms with Crippen LogP contribution in [0.1, 0.15) is 12.8 Å². The molecular weight excluding hydrogens is 376 g/mol. The van der Waals surface area contributed by atoms with Crippen LogP contribution >= 0.6 is 0 Å². The molecule has 6 nitrogen and oxygen atoms in total. The molecule has 1 aliphatic heterocycles. The average Bonchev–Trinajstić information content (AvgIpc) is 3.28. The van der Waals surface area contributed by atoms with Crippen molar-refractivity contribution in [2.75, 3.05) is 18.0 Å². The Labute approximate surface area is 154 Å². The molecule has 2 aromatic carbocycles. The minimum absolute atomic E-state index is 0.111. The van der Waals surface area contributed by atoms with Crippen molar-refractivity contribution in [1.29, 1.82) is 0 Å². The molecule has 142 valence electrons. The van der Waals surface area contributed by atoms with Gasteiger partial charge >= 0.3 is 0 Å². The van der Waals surface area contributed by atoms with Crippen molar-refractivity contribution in [2.24, 2.45) is 0 Å². The Morgan fingerprint density at radius 3 is 2.78 bits per heavy atom. The van der Waals surface area contributed by atoms with Crippen LogP contribution in [0.3, 0.4) is 0 Å². The summed E-state index contributed by atoms with van der Waals surface area (Å²) >= 11 is 0. The lowest BCUT2D eigenvalue weighted by Gasteiger charge is -2.23. The summed E-state index contributed by atoms with van der Waals surface area (Å²) in [6, 6.07) is 10.2. The molecule has 0 aliphatic carbocycles. The van der Waals surface area contributed by atoms with Crippen LogP contribution in [0.2, 0.25) is 0 Å². The normalized spacial score (nSPS) is 17.7. The summed E-state index contributed by atoms with van der Waals surface area (Å²) in [5, 5.41) is 0. The molecule has 9 heteroatoms. The van der Waals surface area contributed by atoms with Crippen LogP contribution in [0, 0.1) is 11.6 Å². The van der Waals surface area contributed by atoms with Crippen molar-refractivity contribution in [2.45, 2.75) is 23.8 Å². The summed E-state index contributed by atoms with van der Waals surface area (Å²) in [6.45, 7) is 0.810. The fraction of sp³-hybridized carbons (Fsp3) is 0.278. The van der Waals surface area contributed by atoms with E-state index in [0.717, 1.165) is 30.5 Å². The molecular formula is C18H17F2N3O3S. The molecule has 1 aromatic heterocycles. The van der Waals surface area contributed by atoms with Gasteiger partial charge in [-0.3, -0.25) is 0 Å². The van der Waals surface area contributed by atoms with Gasteiger partial charge in [0.25, 0.3) is 6.01 Å². The van der Waals surface area contributed by atoms with Gasteiger partial charge in [-0.1, -0.05) is 12.1 Å². The van der Waals surface area contributed by atoms with Crippen LogP contribution < -0.4 is 9.62 Å². The topological polar surface area (TPSA) is 75.4 Å². The number of nitrogens with one attached hydrogen (secondary N) is 1. The van der Waals surface area contributed by atoms with E-state index in [1.807, 2.05) is 29.2 Å². The summed E-state index contributed by atoms with van der Waals surface area (Å²) in [7, 11) is -3.95. The van der Waals surface area contributed by atoms with Crippen molar-refractivity contribution in [3.63, 3.8) is 0 Å². The van der Waals surface area contributed by atoms with Gasteiger partial charge in [0.05, 0.1) is 4.90 Å². The lowest BCUT2D eigenvalue weighted by Crippen LogP contribution is -2.40. The number of fused-ring (bicyclic) bond motifs is 1.